The molecule has 0 fully saturated rings. The van der Waals surface area contributed by atoms with E-state index in [2.05, 4.69) is 0 Å². The Balaban J connectivity index is 2.75. The van der Waals surface area contributed by atoms with Crippen LogP contribution >= 0.6 is 0 Å². The normalized spacial score (nSPS) is 14.8. The van der Waals surface area contributed by atoms with Crippen LogP contribution in [0.25, 0.3) is 0 Å². The molecule has 0 radical (unpaired) electrons. The molecule has 18 heavy (non-hydrogen) atoms. The number of hydrogen-bond acceptors (Lipinski definition) is 2. The van der Waals surface area contributed by atoms with E-state index >= 15 is 0 Å². The van der Waals surface area contributed by atoms with Crippen LogP contribution in [0.15, 0.2) is 18.2 Å². The maximum absolute atomic E-state index is 13.0. The van der Waals surface area contributed by atoms with Gasteiger partial charge in [-0.2, -0.15) is 0 Å². The quantitative estimate of drug-likeness (QED) is 0.845. The molecule has 0 aromatic heterocycles. The highest BCUT2D eigenvalue weighted by molar-refractivity contribution is 5.27. The molecule has 1 aromatic carbocycles. The van der Waals surface area contributed by atoms with Crippen molar-refractivity contribution in [3.8, 4) is 0 Å². The topological polar surface area (TPSA) is 29.5 Å². The standard InChI is InChI=1S/C15H23FO2/c1-5-18-15(10(2)3)14(17)9-12-6-7-13(16)8-11(12)4/h6-8,10,14-15,17H,5,9H2,1-4H3. The molecule has 0 spiro atoms. The van der Waals surface area contributed by atoms with Crippen LogP contribution in [0.2, 0.25) is 0 Å². The van der Waals surface area contributed by atoms with Crippen molar-refractivity contribution >= 4 is 0 Å². The smallest absolute Gasteiger partial charge is 0.123 e. The van der Waals surface area contributed by atoms with Crippen LogP contribution in [0.3, 0.4) is 0 Å². The van der Waals surface area contributed by atoms with Crippen molar-refractivity contribution in [2.75, 3.05) is 6.61 Å². The van der Waals surface area contributed by atoms with E-state index in [0.29, 0.717) is 13.0 Å². The highest BCUT2D eigenvalue weighted by Crippen LogP contribution is 2.18. The molecule has 0 saturated carbocycles. The summed E-state index contributed by atoms with van der Waals surface area (Å²) in [5, 5.41) is 10.2. The third-order valence-corrected chi connectivity index (χ3v) is 3.13. The Morgan fingerprint density at radius 3 is 2.50 bits per heavy atom. The number of halogens is 1. The third kappa shape index (κ3) is 4.07. The van der Waals surface area contributed by atoms with Gasteiger partial charge in [-0.15, -0.1) is 0 Å². The number of ether oxygens (including phenoxy) is 1. The highest BCUT2D eigenvalue weighted by Gasteiger charge is 2.23. The van der Waals surface area contributed by atoms with E-state index in [-0.39, 0.29) is 17.8 Å². The highest BCUT2D eigenvalue weighted by atomic mass is 19.1. The minimum absolute atomic E-state index is 0.181. The predicted octanol–water partition coefficient (Wildman–Crippen LogP) is 3.10. The first-order valence-corrected chi connectivity index (χ1v) is 6.50. The van der Waals surface area contributed by atoms with Crippen molar-refractivity contribution in [3.63, 3.8) is 0 Å². The zero-order valence-corrected chi connectivity index (χ0v) is 11.6. The second kappa shape index (κ2) is 6.86. The summed E-state index contributed by atoms with van der Waals surface area (Å²) in [6.45, 7) is 8.42. The molecule has 3 heteroatoms. The van der Waals surface area contributed by atoms with Gasteiger partial charge in [-0.1, -0.05) is 19.9 Å². The lowest BCUT2D eigenvalue weighted by Gasteiger charge is -2.26. The Labute approximate surface area is 109 Å². The molecule has 1 rings (SSSR count). The van der Waals surface area contributed by atoms with Gasteiger partial charge in [0.25, 0.3) is 0 Å². The molecular formula is C15H23FO2. The maximum Gasteiger partial charge on any atom is 0.123 e. The summed E-state index contributed by atoms with van der Waals surface area (Å²) >= 11 is 0. The van der Waals surface area contributed by atoms with Crippen molar-refractivity contribution in [2.45, 2.75) is 46.3 Å². The summed E-state index contributed by atoms with van der Waals surface area (Å²) in [4.78, 5) is 0. The fourth-order valence-electron chi connectivity index (χ4n) is 2.17. The third-order valence-electron chi connectivity index (χ3n) is 3.13. The summed E-state index contributed by atoms with van der Waals surface area (Å²) < 4.78 is 18.6. The summed E-state index contributed by atoms with van der Waals surface area (Å²) in [6.07, 6.45) is -0.247. The molecule has 2 atom stereocenters. The van der Waals surface area contributed by atoms with Gasteiger partial charge in [0.1, 0.15) is 5.82 Å². The van der Waals surface area contributed by atoms with Gasteiger partial charge >= 0.3 is 0 Å². The number of rotatable bonds is 6. The zero-order valence-electron chi connectivity index (χ0n) is 11.6. The predicted molar refractivity (Wildman–Crippen MR) is 71.1 cm³/mol. The molecule has 1 N–H and O–H groups in total. The second-order valence-corrected chi connectivity index (χ2v) is 5.01. The summed E-state index contributed by atoms with van der Waals surface area (Å²) in [6, 6.07) is 4.66. The number of aryl methyl sites for hydroxylation is 1. The monoisotopic (exact) mass is 254 g/mol. The zero-order chi connectivity index (χ0) is 13.7. The second-order valence-electron chi connectivity index (χ2n) is 5.01. The Kier molecular flexibility index (Phi) is 5.76. The van der Waals surface area contributed by atoms with Gasteiger partial charge in [0.2, 0.25) is 0 Å². The maximum atomic E-state index is 13.0. The van der Waals surface area contributed by atoms with Crippen LogP contribution < -0.4 is 0 Å². The SMILES string of the molecule is CCOC(C(C)C)C(O)Cc1ccc(F)cc1C. The molecule has 1 aromatic rings. The van der Waals surface area contributed by atoms with Crippen LogP contribution in [0.4, 0.5) is 4.39 Å². The molecule has 0 aliphatic rings. The van der Waals surface area contributed by atoms with E-state index in [1.165, 1.54) is 12.1 Å². The number of hydrogen-bond donors (Lipinski definition) is 1. The lowest BCUT2D eigenvalue weighted by molar-refractivity contribution is -0.0562. The van der Waals surface area contributed by atoms with Gasteiger partial charge in [-0.05, 0) is 43.0 Å². The van der Waals surface area contributed by atoms with Gasteiger partial charge in [0, 0.05) is 13.0 Å². The molecule has 0 aliphatic carbocycles. The van der Waals surface area contributed by atoms with E-state index < -0.39 is 6.10 Å². The molecule has 102 valence electrons. The van der Waals surface area contributed by atoms with Crippen molar-refractivity contribution < 1.29 is 14.2 Å². The van der Waals surface area contributed by atoms with Crippen LogP contribution in [0, 0.1) is 18.7 Å². The van der Waals surface area contributed by atoms with Gasteiger partial charge in [0.05, 0.1) is 12.2 Å². The van der Waals surface area contributed by atoms with Gasteiger partial charge < -0.3 is 9.84 Å². The van der Waals surface area contributed by atoms with Crippen molar-refractivity contribution in [2.24, 2.45) is 5.92 Å². The largest absolute Gasteiger partial charge is 0.390 e. The number of aliphatic hydroxyl groups excluding tert-OH is 1. The average Bonchev–Trinajstić information content (AvgIpc) is 2.29. The van der Waals surface area contributed by atoms with E-state index in [9.17, 15) is 9.50 Å². The first kappa shape index (κ1) is 15.1. The summed E-state index contributed by atoms with van der Waals surface area (Å²) in [5.41, 5.74) is 1.84. The molecule has 0 bridgehead atoms. The van der Waals surface area contributed by atoms with Crippen LogP contribution in [0.1, 0.15) is 31.9 Å². The molecule has 2 nitrogen and oxygen atoms in total. The van der Waals surface area contributed by atoms with Crippen molar-refractivity contribution in [1.82, 2.24) is 0 Å². The van der Waals surface area contributed by atoms with E-state index in [1.54, 1.807) is 6.07 Å². The van der Waals surface area contributed by atoms with Gasteiger partial charge in [0.15, 0.2) is 0 Å². The minimum Gasteiger partial charge on any atom is -0.390 e. The van der Waals surface area contributed by atoms with Crippen molar-refractivity contribution in [3.05, 3.63) is 35.1 Å². The fraction of sp³-hybridized carbons (Fsp3) is 0.600. The van der Waals surface area contributed by atoms with Crippen LogP contribution in [0.5, 0.6) is 0 Å². The lowest BCUT2D eigenvalue weighted by atomic mass is 9.94. The lowest BCUT2D eigenvalue weighted by Crippen LogP contribution is -2.35. The van der Waals surface area contributed by atoms with Crippen molar-refractivity contribution in [1.29, 1.82) is 0 Å². The Morgan fingerprint density at radius 1 is 1.33 bits per heavy atom. The molecule has 2 unspecified atom stereocenters. The number of aliphatic hydroxyl groups is 1. The first-order chi connectivity index (χ1) is 8.45. The molecule has 0 heterocycles. The molecule has 0 aliphatic heterocycles. The fourth-order valence-corrected chi connectivity index (χ4v) is 2.17. The Bertz CT molecular complexity index is 377. The van der Waals surface area contributed by atoms with Crippen LogP contribution in [-0.2, 0) is 11.2 Å². The summed E-state index contributed by atoms with van der Waals surface area (Å²) in [7, 11) is 0. The number of benzene rings is 1. The van der Waals surface area contributed by atoms with E-state index in [1.807, 2.05) is 27.7 Å². The average molecular weight is 254 g/mol. The van der Waals surface area contributed by atoms with Gasteiger partial charge in [-0.25, -0.2) is 4.39 Å². The van der Waals surface area contributed by atoms with Gasteiger partial charge in [-0.3, -0.25) is 0 Å². The Hall–Kier alpha value is -0.930. The minimum atomic E-state index is -0.561. The summed E-state index contributed by atoms with van der Waals surface area (Å²) in [5.74, 6) is 0.0108. The van der Waals surface area contributed by atoms with E-state index in [4.69, 9.17) is 4.74 Å². The van der Waals surface area contributed by atoms with Crippen LogP contribution in [-0.4, -0.2) is 23.9 Å². The molecular weight excluding hydrogens is 231 g/mol. The Morgan fingerprint density at radius 2 is 2.00 bits per heavy atom. The van der Waals surface area contributed by atoms with E-state index in [0.717, 1.165) is 11.1 Å². The molecule has 0 saturated heterocycles. The molecule has 0 amide bonds. The first-order valence-electron chi connectivity index (χ1n) is 6.50.